The lowest BCUT2D eigenvalue weighted by Crippen LogP contribution is -2.25. The number of nitrogens with zero attached hydrogens (tertiary/aromatic N) is 1. The van der Waals surface area contributed by atoms with Crippen LogP contribution in [0.15, 0.2) is 28.8 Å². The third-order valence-corrected chi connectivity index (χ3v) is 2.48. The molecule has 1 aromatic heterocycles. The normalized spacial score (nSPS) is 10.5. The van der Waals surface area contributed by atoms with E-state index in [9.17, 15) is 13.6 Å². The van der Waals surface area contributed by atoms with Crippen molar-refractivity contribution in [3.63, 3.8) is 0 Å². The van der Waals surface area contributed by atoms with E-state index >= 15 is 0 Å². The van der Waals surface area contributed by atoms with Gasteiger partial charge in [0.05, 0.1) is 6.20 Å². The molecule has 2 rings (SSSR count). The van der Waals surface area contributed by atoms with Crippen molar-refractivity contribution in [1.29, 1.82) is 0 Å². The van der Waals surface area contributed by atoms with Crippen molar-refractivity contribution in [2.75, 3.05) is 6.54 Å². The Hall–Kier alpha value is -2.24. The molecule has 1 amide bonds. The molecule has 1 heterocycles. The van der Waals surface area contributed by atoms with Crippen molar-refractivity contribution in [3.8, 4) is 0 Å². The molecule has 1 aromatic carbocycles. The maximum absolute atomic E-state index is 12.9. The zero-order valence-electron chi connectivity index (χ0n) is 10.2. The smallest absolute Gasteiger partial charge is 0.251 e. The van der Waals surface area contributed by atoms with Crippen LogP contribution in [0, 0.1) is 18.6 Å². The summed E-state index contributed by atoms with van der Waals surface area (Å²) in [5.41, 5.74) is 0.0717. The number of hydrogen-bond donors (Lipinski definition) is 1. The second-order valence-electron chi connectivity index (χ2n) is 4.00. The minimum atomic E-state index is -1.05. The molecule has 100 valence electrons. The Morgan fingerprint density at radius 1 is 1.37 bits per heavy atom. The molecule has 0 unspecified atom stereocenters. The lowest BCUT2D eigenvalue weighted by atomic mass is 10.2. The maximum atomic E-state index is 12.9. The lowest BCUT2D eigenvalue weighted by molar-refractivity contribution is 0.0953. The molecule has 0 spiro atoms. The second kappa shape index (κ2) is 5.60. The second-order valence-corrected chi connectivity index (χ2v) is 4.00. The number of benzene rings is 1. The highest BCUT2D eigenvalue weighted by Gasteiger charge is 2.09. The van der Waals surface area contributed by atoms with Crippen molar-refractivity contribution < 1.29 is 18.0 Å². The summed E-state index contributed by atoms with van der Waals surface area (Å²) in [6.07, 6.45) is 2.02. The number of halogens is 2. The van der Waals surface area contributed by atoms with Gasteiger partial charge < -0.3 is 9.73 Å². The zero-order chi connectivity index (χ0) is 13.8. The summed E-state index contributed by atoms with van der Waals surface area (Å²) >= 11 is 0. The Morgan fingerprint density at radius 3 is 2.79 bits per heavy atom. The van der Waals surface area contributed by atoms with Gasteiger partial charge in [0.25, 0.3) is 5.91 Å². The molecule has 1 N–H and O–H groups in total. The summed E-state index contributed by atoms with van der Waals surface area (Å²) in [4.78, 5) is 15.6. The van der Waals surface area contributed by atoms with Gasteiger partial charge in [0.1, 0.15) is 5.76 Å². The third-order valence-electron chi connectivity index (χ3n) is 2.48. The van der Waals surface area contributed by atoms with E-state index in [4.69, 9.17) is 4.42 Å². The number of oxazole rings is 1. The number of hydrogen-bond acceptors (Lipinski definition) is 3. The molecular formula is C13H12F2N2O2. The molecule has 0 atom stereocenters. The van der Waals surface area contributed by atoms with Gasteiger partial charge in [0.15, 0.2) is 17.5 Å². The standard InChI is InChI=1S/C13H12F2N2O2/c1-8-7-17-12(19-8)4-5-16-13(18)9-2-3-10(14)11(15)6-9/h2-3,6-7H,4-5H2,1H3,(H,16,18). The Balaban J connectivity index is 1.89. The van der Waals surface area contributed by atoms with Crippen molar-refractivity contribution in [1.82, 2.24) is 10.3 Å². The molecule has 4 nitrogen and oxygen atoms in total. The van der Waals surface area contributed by atoms with Gasteiger partial charge in [-0.15, -0.1) is 0 Å². The number of carbonyl (C=O) groups excluding carboxylic acids is 1. The average Bonchev–Trinajstić information content (AvgIpc) is 2.78. The summed E-state index contributed by atoms with van der Waals surface area (Å²) in [5, 5.41) is 2.58. The van der Waals surface area contributed by atoms with Gasteiger partial charge in [-0.25, -0.2) is 13.8 Å². The highest BCUT2D eigenvalue weighted by Crippen LogP contribution is 2.08. The SMILES string of the molecule is Cc1cnc(CCNC(=O)c2ccc(F)c(F)c2)o1. The van der Waals surface area contributed by atoms with Crippen LogP contribution in [0.4, 0.5) is 8.78 Å². The number of rotatable bonds is 4. The first-order chi connectivity index (χ1) is 9.06. The molecule has 0 saturated carbocycles. The van der Waals surface area contributed by atoms with E-state index in [1.807, 2.05) is 0 Å². The monoisotopic (exact) mass is 266 g/mol. The van der Waals surface area contributed by atoms with E-state index in [0.29, 0.717) is 24.6 Å². The Kier molecular flexibility index (Phi) is 3.89. The van der Waals surface area contributed by atoms with Crippen LogP contribution in [0.25, 0.3) is 0 Å². The Bertz CT molecular complexity index is 596. The minimum Gasteiger partial charge on any atom is -0.446 e. The summed E-state index contributed by atoms with van der Waals surface area (Å²) < 4.78 is 30.9. The number of aromatic nitrogens is 1. The fourth-order valence-corrected chi connectivity index (χ4v) is 1.54. The quantitative estimate of drug-likeness (QED) is 0.923. The lowest BCUT2D eigenvalue weighted by Gasteiger charge is -2.04. The van der Waals surface area contributed by atoms with Crippen molar-refractivity contribution in [3.05, 3.63) is 53.2 Å². The van der Waals surface area contributed by atoms with Gasteiger partial charge in [0, 0.05) is 18.5 Å². The number of nitrogens with one attached hydrogen (secondary N) is 1. The van der Waals surface area contributed by atoms with Crippen molar-refractivity contribution >= 4 is 5.91 Å². The van der Waals surface area contributed by atoms with Crippen LogP contribution in [0.2, 0.25) is 0 Å². The van der Waals surface area contributed by atoms with E-state index in [-0.39, 0.29) is 5.56 Å². The predicted molar refractivity (Wildman–Crippen MR) is 63.6 cm³/mol. The van der Waals surface area contributed by atoms with E-state index in [2.05, 4.69) is 10.3 Å². The third kappa shape index (κ3) is 3.37. The van der Waals surface area contributed by atoms with Crippen LogP contribution in [0.5, 0.6) is 0 Å². The molecule has 0 aliphatic rings. The fraction of sp³-hybridized carbons (Fsp3) is 0.231. The Labute approximate surface area is 108 Å². The molecule has 6 heteroatoms. The number of carbonyl (C=O) groups is 1. The van der Waals surface area contributed by atoms with Crippen LogP contribution in [0.3, 0.4) is 0 Å². The molecule has 0 fully saturated rings. The molecule has 2 aromatic rings. The first-order valence-corrected chi connectivity index (χ1v) is 5.71. The largest absolute Gasteiger partial charge is 0.446 e. The molecule has 0 aliphatic heterocycles. The first-order valence-electron chi connectivity index (χ1n) is 5.71. The minimum absolute atomic E-state index is 0.0717. The summed E-state index contributed by atoms with van der Waals surface area (Å²) in [6, 6.07) is 3.00. The van der Waals surface area contributed by atoms with Crippen LogP contribution in [-0.2, 0) is 6.42 Å². The molecular weight excluding hydrogens is 254 g/mol. The summed E-state index contributed by atoms with van der Waals surface area (Å²) in [6.45, 7) is 2.08. The van der Waals surface area contributed by atoms with E-state index in [1.165, 1.54) is 6.07 Å². The van der Waals surface area contributed by atoms with Gasteiger partial charge in [-0.05, 0) is 25.1 Å². The van der Waals surface area contributed by atoms with E-state index < -0.39 is 17.5 Å². The van der Waals surface area contributed by atoms with Crippen LogP contribution >= 0.6 is 0 Å². The first kappa shape index (κ1) is 13.2. The van der Waals surface area contributed by atoms with Gasteiger partial charge in [0.2, 0.25) is 0 Å². The topological polar surface area (TPSA) is 55.1 Å². The van der Waals surface area contributed by atoms with Gasteiger partial charge in [-0.3, -0.25) is 4.79 Å². The van der Waals surface area contributed by atoms with Gasteiger partial charge in [-0.2, -0.15) is 0 Å². The summed E-state index contributed by atoms with van der Waals surface area (Å²) in [5.74, 6) is -1.28. The van der Waals surface area contributed by atoms with Gasteiger partial charge in [-0.1, -0.05) is 0 Å². The van der Waals surface area contributed by atoms with Crippen LogP contribution in [0.1, 0.15) is 22.0 Å². The highest BCUT2D eigenvalue weighted by atomic mass is 19.2. The van der Waals surface area contributed by atoms with Gasteiger partial charge >= 0.3 is 0 Å². The van der Waals surface area contributed by atoms with Crippen LogP contribution < -0.4 is 5.32 Å². The molecule has 0 radical (unpaired) electrons. The highest BCUT2D eigenvalue weighted by molar-refractivity contribution is 5.94. The molecule has 19 heavy (non-hydrogen) atoms. The maximum Gasteiger partial charge on any atom is 0.251 e. The van der Waals surface area contributed by atoms with E-state index in [0.717, 1.165) is 12.1 Å². The van der Waals surface area contributed by atoms with Crippen LogP contribution in [-0.4, -0.2) is 17.4 Å². The zero-order valence-corrected chi connectivity index (χ0v) is 10.2. The molecule has 0 bridgehead atoms. The van der Waals surface area contributed by atoms with Crippen molar-refractivity contribution in [2.24, 2.45) is 0 Å². The fourth-order valence-electron chi connectivity index (χ4n) is 1.54. The predicted octanol–water partition coefficient (Wildman–Crippen LogP) is 2.23. The average molecular weight is 266 g/mol. The molecule has 0 saturated heterocycles. The molecule has 0 aliphatic carbocycles. The van der Waals surface area contributed by atoms with Crippen molar-refractivity contribution in [2.45, 2.75) is 13.3 Å². The Morgan fingerprint density at radius 2 is 2.16 bits per heavy atom. The number of aryl methyl sites for hydroxylation is 1. The summed E-state index contributed by atoms with van der Waals surface area (Å²) in [7, 11) is 0. The number of amides is 1. The van der Waals surface area contributed by atoms with E-state index in [1.54, 1.807) is 13.1 Å².